The van der Waals surface area contributed by atoms with Gasteiger partial charge in [0.05, 0.1) is 0 Å². The Kier molecular flexibility index (Phi) is 7.10. The molecular weight excluding hydrogens is 268 g/mol. The lowest BCUT2D eigenvalue weighted by atomic mass is 10.0. The first kappa shape index (κ1) is 17.1. The van der Waals surface area contributed by atoms with Gasteiger partial charge in [-0.3, -0.25) is 4.79 Å². The van der Waals surface area contributed by atoms with Crippen molar-refractivity contribution >= 4 is 17.7 Å². The van der Waals surface area contributed by atoms with E-state index in [0.717, 1.165) is 6.42 Å². The van der Waals surface area contributed by atoms with Gasteiger partial charge in [-0.2, -0.15) is 0 Å². The van der Waals surface area contributed by atoms with E-state index >= 15 is 0 Å². The maximum Gasteiger partial charge on any atom is 0.251 e. The van der Waals surface area contributed by atoms with Crippen LogP contribution < -0.4 is 11.1 Å². The van der Waals surface area contributed by atoms with Gasteiger partial charge in [0, 0.05) is 28.3 Å². The van der Waals surface area contributed by atoms with Gasteiger partial charge in [-0.15, -0.1) is 11.8 Å². The van der Waals surface area contributed by atoms with Crippen LogP contribution in [0.5, 0.6) is 0 Å². The zero-order valence-electron chi connectivity index (χ0n) is 12.8. The fourth-order valence-corrected chi connectivity index (χ4v) is 2.85. The molecule has 1 atom stereocenters. The Morgan fingerprint density at radius 2 is 1.80 bits per heavy atom. The highest BCUT2D eigenvalue weighted by molar-refractivity contribution is 7.99. The van der Waals surface area contributed by atoms with E-state index in [0.29, 0.717) is 23.3 Å². The molecule has 0 saturated heterocycles. The average Bonchev–Trinajstić information content (AvgIpc) is 2.37. The Morgan fingerprint density at radius 3 is 2.25 bits per heavy atom. The minimum absolute atomic E-state index is 0.0396. The smallest absolute Gasteiger partial charge is 0.251 e. The molecule has 1 rings (SSSR count). The van der Waals surface area contributed by atoms with Gasteiger partial charge in [-0.05, 0) is 36.6 Å². The second kappa shape index (κ2) is 8.32. The van der Waals surface area contributed by atoms with Crippen molar-refractivity contribution in [3.63, 3.8) is 0 Å². The molecule has 0 heterocycles. The molecule has 3 N–H and O–H groups in total. The minimum atomic E-state index is -0.0396. The molecule has 4 heteroatoms. The largest absolute Gasteiger partial charge is 0.348 e. The molecule has 112 valence electrons. The maximum atomic E-state index is 12.2. The topological polar surface area (TPSA) is 55.1 Å². The van der Waals surface area contributed by atoms with Gasteiger partial charge in [-0.1, -0.05) is 27.7 Å². The zero-order chi connectivity index (χ0) is 15.1. The van der Waals surface area contributed by atoms with Gasteiger partial charge in [0.2, 0.25) is 0 Å². The van der Waals surface area contributed by atoms with Gasteiger partial charge in [0.1, 0.15) is 0 Å². The van der Waals surface area contributed by atoms with Crippen molar-refractivity contribution in [2.45, 2.75) is 50.3 Å². The summed E-state index contributed by atoms with van der Waals surface area (Å²) >= 11 is 1.79. The van der Waals surface area contributed by atoms with Crippen LogP contribution in [0.15, 0.2) is 29.2 Å². The number of nitrogens with one attached hydrogen (secondary N) is 1. The third-order valence-corrected chi connectivity index (χ3v) is 3.88. The van der Waals surface area contributed by atoms with E-state index in [1.165, 1.54) is 4.90 Å². The summed E-state index contributed by atoms with van der Waals surface area (Å²) < 4.78 is 0. The van der Waals surface area contributed by atoms with E-state index in [9.17, 15) is 4.79 Å². The number of rotatable bonds is 7. The Labute approximate surface area is 126 Å². The zero-order valence-corrected chi connectivity index (χ0v) is 13.7. The first-order chi connectivity index (χ1) is 9.42. The highest BCUT2D eigenvalue weighted by Gasteiger charge is 2.13. The van der Waals surface area contributed by atoms with Crippen LogP contribution in [0, 0.1) is 5.92 Å². The summed E-state index contributed by atoms with van der Waals surface area (Å²) in [5, 5.41) is 3.55. The van der Waals surface area contributed by atoms with Gasteiger partial charge < -0.3 is 11.1 Å². The highest BCUT2D eigenvalue weighted by Crippen LogP contribution is 2.22. The molecular formula is C16H26N2OS. The Balaban J connectivity index is 2.62. The van der Waals surface area contributed by atoms with E-state index in [2.05, 4.69) is 33.0 Å². The molecule has 0 radical (unpaired) electrons. The van der Waals surface area contributed by atoms with Crippen LogP contribution in [0.2, 0.25) is 0 Å². The van der Waals surface area contributed by atoms with Crippen LogP contribution in [0.25, 0.3) is 0 Å². The van der Waals surface area contributed by atoms with Crippen LogP contribution in [0.3, 0.4) is 0 Å². The summed E-state index contributed by atoms with van der Waals surface area (Å²) in [4.78, 5) is 13.3. The van der Waals surface area contributed by atoms with Crippen molar-refractivity contribution in [3.05, 3.63) is 29.8 Å². The minimum Gasteiger partial charge on any atom is -0.348 e. The standard InChI is InChI=1S/C16H26N2OS/c1-11(2)9-14(10-17)18-16(19)13-5-7-15(8-6-13)20-12(3)4/h5-8,11-12,14H,9-10,17H2,1-4H3,(H,18,19). The third kappa shape index (κ3) is 5.97. The predicted octanol–water partition coefficient (Wildman–Crippen LogP) is 3.29. The van der Waals surface area contributed by atoms with Crippen molar-refractivity contribution < 1.29 is 4.79 Å². The van der Waals surface area contributed by atoms with Crippen molar-refractivity contribution in [1.29, 1.82) is 0 Å². The number of carbonyl (C=O) groups is 1. The Bertz CT molecular complexity index is 415. The molecule has 1 aromatic carbocycles. The van der Waals surface area contributed by atoms with Crippen LogP contribution in [-0.2, 0) is 0 Å². The molecule has 1 amide bonds. The Hall–Kier alpha value is -1.00. The number of hydrogen-bond donors (Lipinski definition) is 2. The predicted molar refractivity (Wildman–Crippen MR) is 87.2 cm³/mol. The molecule has 0 saturated carbocycles. The van der Waals surface area contributed by atoms with Crippen LogP contribution in [-0.4, -0.2) is 23.7 Å². The summed E-state index contributed by atoms with van der Waals surface area (Å²) in [6.45, 7) is 9.05. The van der Waals surface area contributed by atoms with Crippen LogP contribution in [0.4, 0.5) is 0 Å². The fourth-order valence-electron chi connectivity index (χ4n) is 2.01. The van der Waals surface area contributed by atoms with E-state index < -0.39 is 0 Å². The van der Waals surface area contributed by atoms with Crippen LogP contribution in [0.1, 0.15) is 44.5 Å². The van der Waals surface area contributed by atoms with E-state index in [1.54, 1.807) is 11.8 Å². The lowest BCUT2D eigenvalue weighted by Crippen LogP contribution is -2.41. The first-order valence-corrected chi connectivity index (χ1v) is 8.08. The number of nitrogens with two attached hydrogens (primary N) is 1. The van der Waals surface area contributed by atoms with Gasteiger partial charge >= 0.3 is 0 Å². The van der Waals surface area contributed by atoms with Crippen molar-refractivity contribution in [3.8, 4) is 0 Å². The number of hydrogen-bond acceptors (Lipinski definition) is 3. The third-order valence-electron chi connectivity index (χ3n) is 2.86. The second-order valence-corrected chi connectivity index (χ2v) is 7.38. The lowest BCUT2D eigenvalue weighted by Gasteiger charge is -2.18. The first-order valence-electron chi connectivity index (χ1n) is 7.20. The van der Waals surface area contributed by atoms with Gasteiger partial charge in [-0.25, -0.2) is 0 Å². The monoisotopic (exact) mass is 294 g/mol. The number of carbonyl (C=O) groups excluding carboxylic acids is 1. The second-order valence-electron chi connectivity index (χ2n) is 5.73. The lowest BCUT2D eigenvalue weighted by molar-refractivity contribution is 0.0933. The van der Waals surface area contributed by atoms with E-state index in [-0.39, 0.29) is 11.9 Å². The quantitative estimate of drug-likeness (QED) is 0.759. The average molecular weight is 294 g/mol. The summed E-state index contributed by atoms with van der Waals surface area (Å²) in [6, 6.07) is 7.80. The molecule has 0 bridgehead atoms. The molecule has 0 aliphatic carbocycles. The normalized spacial score (nSPS) is 12.8. The van der Waals surface area contributed by atoms with Gasteiger partial charge in [0.15, 0.2) is 0 Å². The molecule has 20 heavy (non-hydrogen) atoms. The molecule has 1 aromatic rings. The molecule has 0 fully saturated rings. The fraction of sp³-hybridized carbons (Fsp3) is 0.562. The summed E-state index contributed by atoms with van der Waals surface area (Å²) in [5.74, 6) is 0.482. The van der Waals surface area contributed by atoms with Gasteiger partial charge in [0.25, 0.3) is 5.91 Å². The van der Waals surface area contributed by atoms with E-state index in [4.69, 9.17) is 5.73 Å². The number of amides is 1. The summed E-state index contributed by atoms with van der Waals surface area (Å²) in [6.07, 6.45) is 0.906. The highest BCUT2D eigenvalue weighted by atomic mass is 32.2. The van der Waals surface area contributed by atoms with Crippen molar-refractivity contribution in [1.82, 2.24) is 5.32 Å². The summed E-state index contributed by atoms with van der Waals surface area (Å²) in [5.41, 5.74) is 6.40. The molecule has 0 aliphatic heterocycles. The SMILES string of the molecule is CC(C)CC(CN)NC(=O)c1ccc(SC(C)C)cc1. The molecule has 1 unspecified atom stereocenters. The number of benzene rings is 1. The molecule has 0 aromatic heterocycles. The number of thioether (sulfide) groups is 1. The molecule has 3 nitrogen and oxygen atoms in total. The van der Waals surface area contributed by atoms with E-state index in [1.807, 2.05) is 24.3 Å². The summed E-state index contributed by atoms with van der Waals surface area (Å²) in [7, 11) is 0. The maximum absolute atomic E-state index is 12.2. The van der Waals surface area contributed by atoms with Crippen LogP contribution >= 0.6 is 11.8 Å². The molecule has 0 aliphatic rings. The van der Waals surface area contributed by atoms with Crippen molar-refractivity contribution in [2.24, 2.45) is 11.7 Å². The van der Waals surface area contributed by atoms with Crippen molar-refractivity contribution in [2.75, 3.05) is 6.54 Å². The Morgan fingerprint density at radius 1 is 1.20 bits per heavy atom. The molecule has 0 spiro atoms.